The number of likely N-dealkylation sites (tertiary alicyclic amines) is 2. The van der Waals surface area contributed by atoms with Crippen molar-refractivity contribution >= 4 is 46.2 Å². The monoisotopic (exact) mass is 1370 g/mol. The number of nitrogens with one attached hydrogen (secondary N) is 3. The van der Waals surface area contributed by atoms with Crippen LogP contribution in [-0.4, -0.2) is 199 Å². The second-order valence-electron chi connectivity index (χ2n) is 28.1. The Morgan fingerprint density at radius 3 is 1.06 bits per heavy atom. The van der Waals surface area contributed by atoms with Gasteiger partial charge in [-0.05, 0) is 179 Å². The van der Waals surface area contributed by atoms with Crippen molar-refractivity contribution in [3.05, 3.63) is 126 Å². The number of hydrogen-bond acceptors (Lipinski definition) is 20. The fraction of sp³-hybridized carbons (Fsp3) is 0.533. The second-order valence-corrected chi connectivity index (χ2v) is 28.1. The molecule has 25 nitrogen and oxygen atoms in total. The minimum Gasteiger partial charge on any atom is -0.393 e. The van der Waals surface area contributed by atoms with Gasteiger partial charge in [0.05, 0.1) is 84.4 Å². The van der Waals surface area contributed by atoms with Crippen molar-refractivity contribution in [3.63, 3.8) is 0 Å². The predicted octanol–water partition coefficient (Wildman–Crippen LogP) is 10.9. The predicted molar refractivity (Wildman–Crippen MR) is 385 cm³/mol. The highest BCUT2D eigenvalue weighted by Crippen LogP contribution is 2.41. The number of rotatable bonds is 20. The molecule has 5 fully saturated rings. The lowest BCUT2D eigenvalue weighted by Crippen LogP contribution is -2.35. The molecule has 9 aromatic heterocycles. The highest BCUT2D eigenvalue weighted by Gasteiger charge is 2.31. The van der Waals surface area contributed by atoms with Crippen molar-refractivity contribution < 1.29 is 39.1 Å². The first kappa shape index (κ1) is 71.2. The number of pyridine rings is 3. The first-order valence-electron chi connectivity index (χ1n) is 36.0. The molecule has 100 heavy (non-hydrogen) atoms. The Balaban J connectivity index is 0.000000143. The van der Waals surface area contributed by atoms with Crippen molar-refractivity contribution in [1.29, 1.82) is 0 Å². The minimum atomic E-state index is -0.227. The molecule has 25 heteroatoms. The van der Waals surface area contributed by atoms with Crippen LogP contribution < -0.4 is 16.0 Å². The number of aromatic nitrogens is 12. The van der Waals surface area contributed by atoms with E-state index >= 15 is 0 Å². The number of aliphatic hydroxyl groups excluding tert-OH is 3. The van der Waals surface area contributed by atoms with Crippen LogP contribution in [0.3, 0.4) is 0 Å². The number of fused-ring (bicyclic) bond motifs is 3. The molecule has 3 aliphatic carbocycles. The van der Waals surface area contributed by atoms with Gasteiger partial charge in [0, 0.05) is 171 Å². The summed E-state index contributed by atoms with van der Waals surface area (Å²) in [6.45, 7) is 13.1. The Morgan fingerprint density at radius 2 is 0.740 bits per heavy atom. The van der Waals surface area contributed by atoms with Gasteiger partial charge in [0.25, 0.3) is 11.8 Å². The van der Waals surface area contributed by atoms with Crippen LogP contribution in [0.25, 0.3) is 49.9 Å². The van der Waals surface area contributed by atoms with E-state index in [1.165, 1.54) is 12.1 Å². The van der Waals surface area contributed by atoms with E-state index < -0.39 is 0 Å². The van der Waals surface area contributed by atoms with Gasteiger partial charge in [0.1, 0.15) is 0 Å². The van der Waals surface area contributed by atoms with Crippen LogP contribution in [-0.2, 0) is 14.2 Å². The number of methoxy groups -OCH3 is 3. The Hall–Kier alpha value is -8.59. The molecule has 3 saturated carbocycles. The summed E-state index contributed by atoms with van der Waals surface area (Å²) in [5.41, 5.74) is 14.3. The molecule has 0 aromatic carbocycles. The van der Waals surface area contributed by atoms with E-state index in [0.29, 0.717) is 66.5 Å². The van der Waals surface area contributed by atoms with Gasteiger partial charge >= 0.3 is 0 Å². The zero-order chi connectivity index (χ0) is 69.8. The third kappa shape index (κ3) is 17.1. The number of carbonyl (C=O) groups is 2. The number of amides is 2. The summed E-state index contributed by atoms with van der Waals surface area (Å²) < 4.78 is 21.7. The molecular formula is C75H99N17O8. The summed E-state index contributed by atoms with van der Waals surface area (Å²) in [6.07, 6.45) is 31.4. The first-order valence-corrected chi connectivity index (χ1v) is 36.0. The molecule has 0 bridgehead atoms. The number of ether oxygens (including phenoxy) is 3. The van der Waals surface area contributed by atoms with Crippen molar-refractivity contribution in [1.82, 2.24) is 68.5 Å². The molecule has 2 saturated heterocycles. The van der Waals surface area contributed by atoms with Crippen LogP contribution in [0.15, 0.2) is 92.2 Å². The topological polar surface area (TPSA) is 294 Å². The molecule has 0 spiro atoms. The maximum absolute atomic E-state index is 13.1. The smallest absolute Gasteiger partial charge is 0.255 e. The fourth-order valence-electron chi connectivity index (χ4n) is 15.0. The Labute approximate surface area is 584 Å². The number of nitrogens with zero attached hydrogens (tertiary/aromatic N) is 14. The van der Waals surface area contributed by atoms with Crippen molar-refractivity contribution in [2.75, 3.05) is 83.3 Å². The van der Waals surface area contributed by atoms with E-state index in [-0.39, 0.29) is 48.3 Å². The van der Waals surface area contributed by atoms with Gasteiger partial charge in [0.2, 0.25) is 17.8 Å². The summed E-state index contributed by atoms with van der Waals surface area (Å²) >= 11 is 0. The normalized spacial score (nSPS) is 21.2. The third-order valence-electron chi connectivity index (χ3n) is 20.2. The van der Waals surface area contributed by atoms with Crippen LogP contribution in [0.4, 0.5) is 17.8 Å². The number of carbonyl (C=O) groups excluding carboxylic acids is 2. The van der Waals surface area contributed by atoms with Crippen LogP contribution in [0.1, 0.15) is 191 Å². The standard InChI is InChI=1S/C27H36N6O3.C26H34N6O3.C22H29N5O2/c1-18(17-36-2)30-27-29-16-25-23(13-24(33(25)31-27)19-6-8-22(34)9-7-19)20-12-21(15-28-14-20)26(35)32-10-4-3-5-11-32;1-17(16-35-2)29-26-28-15-24-22(12-23(32(24)30-26)18-5-7-21(33)8-6-18)19-11-20(14-27-13-19)25(34)31-9-3-4-10-31;1-14-8-17(11-23-10-14)19-9-20(16-4-6-18(28)7-5-16)27-21(19)12-24-22(26-27)25-15(2)13-29-3/h12-16,18-19,22,34H,3-11,17H2,1-2H3,(H,30,31);11-15,17-18,21,33H,3-10,16H2,1-2H3,(H,29,30);8-12,15-16,18,28H,4-7,13H2,1-3H3,(H,25,26)/t18-,19?,22?;17-,18?,21?;15-,16?,18?/m000/s1. The minimum absolute atomic E-state index is 0.0386. The molecule has 0 radical (unpaired) electrons. The van der Waals surface area contributed by atoms with E-state index in [2.05, 4.69) is 70.1 Å². The summed E-state index contributed by atoms with van der Waals surface area (Å²) in [5, 5.41) is 54.5. The van der Waals surface area contributed by atoms with Gasteiger partial charge in [-0.1, -0.05) is 0 Å². The highest BCUT2D eigenvalue weighted by atomic mass is 16.5. The summed E-state index contributed by atoms with van der Waals surface area (Å²) in [7, 11) is 5.03. The van der Waals surface area contributed by atoms with Crippen LogP contribution >= 0.6 is 0 Å². The summed E-state index contributed by atoms with van der Waals surface area (Å²) in [4.78, 5) is 56.9. The van der Waals surface area contributed by atoms with E-state index in [4.69, 9.17) is 29.5 Å². The van der Waals surface area contributed by atoms with E-state index in [9.17, 15) is 24.9 Å². The summed E-state index contributed by atoms with van der Waals surface area (Å²) in [5.74, 6) is 2.71. The fourth-order valence-corrected chi connectivity index (χ4v) is 15.0. The van der Waals surface area contributed by atoms with E-state index in [1.807, 2.05) is 100 Å². The molecule has 9 aromatic rings. The maximum Gasteiger partial charge on any atom is 0.255 e. The van der Waals surface area contributed by atoms with Gasteiger partial charge in [-0.15, -0.1) is 15.3 Å². The average molecular weight is 1370 g/mol. The van der Waals surface area contributed by atoms with Crippen LogP contribution in [0.5, 0.6) is 0 Å². The van der Waals surface area contributed by atoms with E-state index in [1.54, 1.807) is 39.9 Å². The number of anilines is 3. The van der Waals surface area contributed by atoms with Crippen LogP contribution in [0, 0.1) is 6.92 Å². The Morgan fingerprint density at radius 1 is 0.430 bits per heavy atom. The molecule has 6 N–H and O–H groups in total. The number of aliphatic hydroxyl groups is 3. The van der Waals surface area contributed by atoms with E-state index in [0.717, 1.165) is 196 Å². The average Bonchev–Trinajstić information content (AvgIpc) is 1.63. The number of hydrogen-bond donors (Lipinski definition) is 6. The maximum atomic E-state index is 13.1. The van der Waals surface area contributed by atoms with Crippen LogP contribution in [0.2, 0.25) is 0 Å². The Bertz CT molecular complexity index is 4200. The molecule has 3 atom stereocenters. The van der Waals surface area contributed by atoms with Gasteiger partial charge in [-0.2, -0.15) is 0 Å². The quantitative estimate of drug-likeness (QED) is 0.0413. The van der Waals surface area contributed by atoms with Gasteiger partial charge < -0.3 is 55.3 Å². The zero-order valence-corrected chi connectivity index (χ0v) is 59.0. The Kier molecular flexibility index (Phi) is 23.7. The largest absolute Gasteiger partial charge is 0.393 e. The SMILES string of the molecule is COC[C@H](C)Nc1ncc2c(-c3cncc(C(=O)N4CCCC4)c3)cc(C3CCC(O)CC3)n2n1.COC[C@H](C)Nc1ncc2c(-c3cncc(C(=O)N4CCCCC4)c3)cc(C3CCC(O)CC3)n2n1.COC[C@H](C)Nc1ncc2c(-c3cncc(C)c3)cc(C3CCC(O)CC3)n2n1. The molecule has 532 valence electrons. The second kappa shape index (κ2) is 33.3. The molecule has 5 aliphatic rings. The van der Waals surface area contributed by atoms with Crippen molar-refractivity contribution in [2.24, 2.45) is 0 Å². The first-order chi connectivity index (χ1) is 48.6. The molecule has 2 amide bonds. The third-order valence-corrected chi connectivity index (χ3v) is 20.2. The molecule has 11 heterocycles. The number of piperidine rings is 1. The summed E-state index contributed by atoms with van der Waals surface area (Å²) in [6, 6.07) is 12.8. The van der Waals surface area contributed by atoms with Crippen molar-refractivity contribution in [2.45, 2.75) is 191 Å². The lowest BCUT2D eigenvalue weighted by Gasteiger charge is -2.26. The lowest BCUT2D eigenvalue weighted by molar-refractivity contribution is 0.0723. The zero-order valence-electron chi connectivity index (χ0n) is 59.0. The number of aryl methyl sites for hydroxylation is 1. The van der Waals surface area contributed by atoms with Gasteiger partial charge in [-0.3, -0.25) is 24.5 Å². The van der Waals surface area contributed by atoms with Gasteiger partial charge in [0.15, 0.2) is 0 Å². The lowest BCUT2D eigenvalue weighted by atomic mass is 9.85. The van der Waals surface area contributed by atoms with Crippen molar-refractivity contribution in [3.8, 4) is 33.4 Å². The highest BCUT2D eigenvalue weighted by molar-refractivity contribution is 5.97. The molecular weight excluding hydrogens is 1270 g/mol. The molecule has 2 aliphatic heterocycles. The van der Waals surface area contributed by atoms with Gasteiger partial charge in [-0.25, -0.2) is 28.5 Å². The molecule has 14 rings (SSSR count). The molecule has 0 unspecified atom stereocenters.